The van der Waals surface area contributed by atoms with Gasteiger partial charge in [0.15, 0.2) is 0 Å². The number of carbonyl (C=O) groups is 1. The molecular formula is C23H22FN5O. The highest BCUT2D eigenvalue weighted by Crippen LogP contribution is 2.19. The molecule has 5 rings (SSSR count). The van der Waals surface area contributed by atoms with Crippen molar-refractivity contribution in [1.82, 2.24) is 24.3 Å². The highest BCUT2D eigenvalue weighted by molar-refractivity contribution is 6.05. The number of halogens is 1. The number of rotatable bonds is 4. The summed E-state index contributed by atoms with van der Waals surface area (Å²) in [6.45, 7) is 4.63. The normalized spacial score (nSPS) is 15.2. The molecule has 2 aromatic carbocycles. The summed E-state index contributed by atoms with van der Waals surface area (Å²) >= 11 is 0. The van der Waals surface area contributed by atoms with E-state index in [9.17, 15) is 9.18 Å². The maximum absolute atomic E-state index is 13.3. The van der Waals surface area contributed by atoms with Gasteiger partial charge < -0.3 is 9.47 Å². The van der Waals surface area contributed by atoms with E-state index in [2.05, 4.69) is 14.9 Å². The summed E-state index contributed by atoms with van der Waals surface area (Å²) in [6.07, 6.45) is 3.46. The number of piperazine rings is 1. The number of amides is 1. The molecule has 0 aliphatic carbocycles. The van der Waals surface area contributed by atoms with Crippen LogP contribution in [0.1, 0.15) is 10.5 Å². The molecule has 3 heterocycles. The SMILES string of the molecule is O=C(c1nccc2ccccc12)N1CCN(CCn2cnc3cc(F)ccc32)CC1. The third-order valence-electron chi connectivity index (χ3n) is 5.78. The van der Waals surface area contributed by atoms with Crippen molar-refractivity contribution < 1.29 is 9.18 Å². The maximum Gasteiger partial charge on any atom is 0.273 e. The standard InChI is InChI=1S/C23H22FN5O/c24-18-5-6-21-20(15-18)26-16-29(21)14-11-27-9-12-28(13-10-27)23(30)22-19-4-2-1-3-17(19)7-8-25-22/h1-8,15-16H,9-14H2. The molecule has 0 N–H and O–H groups in total. The van der Waals surface area contributed by atoms with E-state index in [1.807, 2.05) is 39.8 Å². The molecule has 4 aromatic rings. The fourth-order valence-electron chi connectivity index (χ4n) is 4.08. The van der Waals surface area contributed by atoms with Gasteiger partial charge in [0.05, 0.1) is 17.4 Å². The van der Waals surface area contributed by atoms with Gasteiger partial charge in [0.1, 0.15) is 11.5 Å². The van der Waals surface area contributed by atoms with Crippen molar-refractivity contribution in [2.24, 2.45) is 0 Å². The van der Waals surface area contributed by atoms with Crippen LogP contribution in [0.3, 0.4) is 0 Å². The van der Waals surface area contributed by atoms with Gasteiger partial charge in [0.2, 0.25) is 0 Å². The number of hydrogen-bond acceptors (Lipinski definition) is 4. The van der Waals surface area contributed by atoms with Crippen molar-refractivity contribution in [3.63, 3.8) is 0 Å². The molecule has 2 aromatic heterocycles. The van der Waals surface area contributed by atoms with Gasteiger partial charge in [0.25, 0.3) is 5.91 Å². The Labute approximate surface area is 173 Å². The quantitative estimate of drug-likeness (QED) is 0.525. The predicted molar refractivity (Wildman–Crippen MR) is 114 cm³/mol. The fraction of sp³-hybridized carbons (Fsp3) is 0.261. The highest BCUT2D eigenvalue weighted by atomic mass is 19.1. The smallest absolute Gasteiger partial charge is 0.273 e. The van der Waals surface area contributed by atoms with Crippen LogP contribution >= 0.6 is 0 Å². The Hall–Kier alpha value is -3.32. The van der Waals surface area contributed by atoms with E-state index >= 15 is 0 Å². The van der Waals surface area contributed by atoms with Gasteiger partial charge in [-0.3, -0.25) is 14.7 Å². The maximum atomic E-state index is 13.3. The number of nitrogens with zero attached hydrogens (tertiary/aromatic N) is 5. The van der Waals surface area contributed by atoms with Crippen molar-refractivity contribution >= 4 is 27.7 Å². The van der Waals surface area contributed by atoms with E-state index in [1.165, 1.54) is 12.1 Å². The Bertz CT molecular complexity index is 1210. The summed E-state index contributed by atoms with van der Waals surface area (Å²) in [5, 5.41) is 1.93. The van der Waals surface area contributed by atoms with Crippen molar-refractivity contribution in [1.29, 1.82) is 0 Å². The Morgan fingerprint density at radius 1 is 0.967 bits per heavy atom. The van der Waals surface area contributed by atoms with E-state index in [4.69, 9.17) is 0 Å². The number of aromatic nitrogens is 3. The van der Waals surface area contributed by atoms with Crippen molar-refractivity contribution in [3.8, 4) is 0 Å². The molecule has 1 aliphatic heterocycles. The van der Waals surface area contributed by atoms with Crippen LogP contribution < -0.4 is 0 Å². The number of imidazole rings is 1. The van der Waals surface area contributed by atoms with Gasteiger partial charge in [-0.25, -0.2) is 9.37 Å². The summed E-state index contributed by atoms with van der Waals surface area (Å²) in [6, 6.07) is 14.5. The van der Waals surface area contributed by atoms with Gasteiger partial charge >= 0.3 is 0 Å². The van der Waals surface area contributed by atoms with Crippen molar-refractivity contribution in [2.75, 3.05) is 32.7 Å². The van der Waals surface area contributed by atoms with E-state index in [0.717, 1.165) is 42.5 Å². The zero-order valence-electron chi connectivity index (χ0n) is 16.5. The fourth-order valence-corrected chi connectivity index (χ4v) is 4.08. The molecule has 1 aliphatic rings. The summed E-state index contributed by atoms with van der Waals surface area (Å²) in [5.41, 5.74) is 2.14. The molecule has 6 nitrogen and oxygen atoms in total. The molecule has 0 radical (unpaired) electrons. The van der Waals surface area contributed by atoms with Crippen LogP contribution in [0, 0.1) is 5.82 Å². The van der Waals surface area contributed by atoms with E-state index in [0.29, 0.717) is 24.3 Å². The lowest BCUT2D eigenvalue weighted by Crippen LogP contribution is -2.49. The average molecular weight is 403 g/mol. The molecule has 0 unspecified atom stereocenters. The minimum atomic E-state index is -0.269. The number of benzene rings is 2. The zero-order chi connectivity index (χ0) is 20.5. The Balaban J connectivity index is 1.21. The second-order valence-electron chi connectivity index (χ2n) is 7.59. The topological polar surface area (TPSA) is 54.3 Å². The van der Waals surface area contributed by atoms with Crippen LogP contribution in [-0.4, -0.2) is 63.0 Å². The van der Waals surface area contributed by atoms with Crippen molar-refractivity contribution in [3.05, 3.63) is 72.6 Å². The molecule has 1 saturated heterocycles. The number of fused-ring (bicyclic) bond motifs is 2. The predicted octanol–water partition coefficient (Wildman–Crippen LogP) is 3.18. The molecule has 0 saturated carbocycles. The Morgan fingerprint density at radius 2 is 1.80 bits per heavy atom. The third-order valence-corrected chi connectivity index (χ3v) is 5.78. The molecule has 0 bridgehead atoms. The van der Waals surface area contributed by atoms with Gasteiger partial charge in [-0.05, 0) is 23.6 Å². The summed E-state index contributed by atoms with van der Waals surface area (Å²) in [5.74, 6) is -0.275. The molecule has 30 heavy (non-hydrogen) atoms. The van der Waals surface area contributed by atoms with Gasteiger partial charge in [-0.15, -0.1) is 0 Å². The highest BCUT2D eigenvalue weighted by Gasteiger charge is 2.24. The van der Waals surface area contributed by atoms with Crippen LogP contribution in [-0.2, 0) is 6.54 Å². The molecule has 152 valence electrons. The Morgan fingerprint density at radius 3 is 2.67 bits per heavy atom. The second-order valence-corrected chi connectivity index (χ2v) is 7.59. The summed E-state index contributed by atoms with van der Waals surface area (Å²) < 4.78 is 15.4. The van der Waals surface area contributed by atoms with Crippen LogP contribution in [0.2, 0.25) is 0 Å². The van der Waals surface area contributed by atoms with E-state index in [1.54, 1.807) is 18.6 Å². The number of pyridine rings is 1. The van der Waals surface area contributed by atoms with Crippen LogP contribution in [0.15, 0.2) is 61.1 Å². The summed E-state index contributed by atoms with van der Waals surface area (Å²) in [4.78, 5) is 25.9. The first-order chi connectivity index (χ1) is 14.7. The first kappa shape index (κ1) is 18.7. The largest absolute Gasteiger partial charge is 0.335 e. The summed E-state index contributed by atoms with van der Waals surface area (Å²) in [7, 11) is 0. The van der Waals surface area contributed by atoms with Gasteiger partial charge in [-0.1, -0.05) is 24.3 Å². The number of carbonyl (C=O) groups excluding carboxylic acids is 1. The van der Waals surface area contributed by atoms with Crippen molar-refractivity contribution in [2.45, 2.75) is 6.54 Å². The molecule has 7 heteroatoms. The monoisotopic (exact) mass is 403 g/mol. The molecule has 1 amide bonds. The van der Waals surface area contributed by atoms with Crippen LogP contribution in [0.25, 0.3) is 21.8 Å². The lowest BCUT2D eigenvalue weighted by atomic mass is 10.1. The lowest BCUT2D eigenvalue weighted by Gasteiger charge is -2.34. The van der Waals surface area contributed by atoms with E-state index in [-0.39, 0.29) is 11.7 Å². The van der Waals surface area contributed by atoms with Crippen LogP contribution in [0.4, 0.5) is 4.39 Å². The average Bonchev–Trinajstić information content (AvgIpc) is 3.19. The molecular weight excluding hydrogens is 381 g/mol. The van der Waals surface area contributed by atoms with Gasteiger partial charge in [0, 0.05) is 56.9 Å². The van der Waals surface area contributed by atoms with Gasteiger partial charge in [-0.2, -0.15) is 0 Å². The third kappa shape index (κ3) is 3.52. The Kier molecular flexibility index (Phi) is 4.88. The molecule has 0 spiro atoms. The first-order valence-corrected chi connectivity index (χ1v) is 10.1. The van der Waals surface area contributed by atoms with Crippen LogP contribution in [0.5, 0.6) is 0 Å². The molecule has 1 fully saturated rings. The molecule has 0 atom stereocenters. The zero-order valence-corrected chi connectivity index (χ0v) is 16.5. The van der Waals surface area contributed by atoms with E-state index < -0.39 is 0 Å². The minimum Gasteiger partial charge on any atom is -0.335 e. The minimum absolute atomic E-state index is 0.00548. The number of hydrogen-bond donors (Lipinski definition) is 0. The lowest BCUT2D eigenvalue weighted by molar-refractivity contribution is 0.0630. The second kappa shape index (κ2) is 7.84. The first-order valence-electron chi connectivity index (χ1n) is 10.1.